The molecule has 0 amide bonds. The first-order valence-electron chi connectivity index (χ1n) is 11.1. The molecule has 2 atom stereocenters. The molecule has 1 heterocycles. The second-order valence-corrected chi connectivity index (χ2v) is 11.9. The molecule has 0 radical (unpaired) electrons. The van der Waals surface area contributed by atoms with Crippen molar-refractivity contribution in [2.45, 2.75) is 44.6 Å². The summed E-state index contributed by atoms with van der Waals surface area (Å²) in [7, 11) is -1.83. The van der Waals surface area contributed by atoms with Crippen LogP contribution in [-0.4, -0.2) is 25.2 Å². The molecule has 4 rings (SSSR count). The number of hydrogen-bond acceptors (Lipinski definition) is 2. The van der Waals surface area contributed by atoms with E-state index in [0.717, 1.165) is 32.5 Å². The third-order valence-corrected chi connectivity index (χ3v) is 11.0. The van der Waals surface area contributed by atoms with Gasteiger partial charge in [-0.05, 0) is 62.6 Å². The van der Waals surface area contributed by atoms with Crippen LogP contribution in [0.5, 0.6) is 0 Å². The van der Waals surface area contributed by atoms with E-state index in [1.165, 1.54) is 22.3 Å². The van der Waals surface area contributed by atoms with Crippen LogP contribution in [0, 0.1) is 0 Å². The van der Waals surface area contributed by atoms with E-state index in [-0.39, 0.29) is 6.29 Å². The largest absolute Gasteiger partial charge is 0.353 e. The second kappa shape index (κ2) is 10.4. The van der Waals surface area contributed by atoms with Crippen molar-refractivity contribution in [2.24, 2.45) is 0 Å². The molecule has 0 aliphatic carbocycles. The van der Waals surface area contributed by atoms with Crippen molar-refractivity contribution in [2.75, 3.05) is 13.2 Å². The summed E-state index contributed by atoms with van der Waals surface area (Å²) in [6.45, 7) is 3.97. The lowest BCUT2D eigenvalue weighted by atomic mass is 10.2. The predicted molar refractivity (Wildman–Crippen MR) is 129 cm³/mol. The van der Waals surface area contributed by atoms with Gasteiger partial charge in [-0.3, -0.25) is 0 Å². The third-order valence-electron chi connectivity index (χ3n) is 6.13. The van der Waals surface area contributed by atoms with E-state index in [2.05, 4.69) is 97.9 Å². The SMILES string of the molecule is CC(CCOC1CCCCO1)[P+](c1ccccc1)(c1ccccc1)c1ccccc1. The average Bonchev–Trinajstić information content (AvgIpc) is 2.82. The summed E-state index contributed by atoms with van der Waals surface area (Å²) in [5, 5.41) is 4.30. The van der Waals surface area contributed by atoms with Crippen LogP contribution in [0.2, 0.25) is 0 Å². The van der Waals surface area contributed by atoms with Crippen molar-refractivity contribution in [3.63, 3.8) is 0 Å². The van der Waals surface area contributed by atoms with Gasteiger partial charge < -0.3 is 9.47 Å². The minimum atomic E-state index is -1.83. The molecule has 2 unspecified atom stereocenters. The van der Waals surface area contributed by atoms with E-state index in [1.807, 2.05) is 0 Å². The highest BCUT2D eigenvalue weighted by Crippen LogP contribution is 2.60. The standard InChI is InChI=1S/C27H32O2P/c1-23(20-22-29-27-19-11-12-21-28-27)30(24-13-5-2-6-14-24,25-15-7-3-8-16-25)26-17-9-4-10-18-26/h2-10,13-18,23,27H,11-12,19-22H2,1H3/q+1. The topological polar surface area (TPSA) is 18.5 Å². The van der Waals surface area contributed by atoms with E-state index in [9.17, 15) is 0 Å². The summed E-state index contributed by atoms with van der Waals surface area (Å²) in [6, 6.07) is 33.3. The molecule has 3 aromatic rings. The van der Waals surface area contributed by atoms with Crippen LogP contribution in [0.4, 0.5) is 0 Å². The molecule has 2 nitrogen and oxygen atoms in total. The molecule has 30 heavy (non-hydrogen) atoms. The maximum Gasteiger partial charge on any atom is 0.157 e. The van der Waals surface area contributed by atoms with Gasteiger partial charge in [0.15, 0.2) is 6.29 Å². The van der Waals surface area contributed by atoms with Gasteiger partial charge in [0.25, 0.3) is 0 Å². The molecule has 1 aliphatic rings. The lowest BCUT2D eigenvalue weighted by Crippen LogP contribution is -2.38. The van der Waals surface area contributed by atoms with Gasteiger partial charge in [0, 0.05) is 13.0 Å². The van der Waals surface area contributed by atoms with Crippen LogP contribution >= 0.6 is 7.26 Å². The fourth-order valence-electron chi connectivity index (χ4n) is 4.61. The Morgan fingerprint density at radius 2 is 1.30 bits per heavy atom. The van der Waals surface area contributed by atoms with Gasteiger partial charge in [0.2, 0.25) is 0 Å². The summed E-state index contributed by atoms with van der Waals surface area (Å²) in [5.74, 6) is 0. The lowest BCUT2D eigenvalue weighted by Gasteiger charge is -2.33. The smallest absolute Gasteiger partial charge is 0.157 e. The first-order chi connectivity index (χ1) is 14.8. The molecule has 1 saturated heterocycles. The molecule has 3 aromatic carbocycles. The maximum atomic E-state index is 6.15. The fraction of sp³-hybridized carbons (Fsp3) is 0.333. The third kappa shape index (κ3) is 4.52. The molecule has 0 N–H and O–H groups in total. The zero-order valence-corrected chi connectivity index (χ0v) is 18.7. The molecule has 0 spiro atoms. The molecular weight excluding hydrogens is 387 g/mol. The lowest BCUT2D eigenvalue weighted by molar-refractivity contribution is -0.162. The monoisotopic (exact) mass is 419 g/mol. The number of benzene rings is 3. The number of hydrogen-bond donors (Lipinski definition) is 0. The Morgan fingerprint density at radius 1 is 0.800 bits per heavy atom. The Morgan fingerprint density at radius 3 is 1.73 bits per heavy atom. The highest BCUT2D eigenvalue weighted by molar-refractivity contribution is 7.96. The van der Waals surface area contributed by atoms with Gasteiger partial charge in [-0.1, -0.05) is 54.6 Å². The summed E-state index contributed by atoms with van der Waals surface area (Å²) < 4.78 is 11.9. The fourth-order valence-corrected chi connectivity index (χ4v) is 9.45. The average molecular weight is 420 g/mol. The Labute approximate surface area is 181 Å². The van der Waals surface area contributed by atoms with Crippen LogP contribution in [0.25, 0.3) is 0 Å². The van der Waals surface area contributed by atoms with Crippen molar-refractivity contribution >= 4 is 23.2 Å². The Kier molecular flexibility index (Phi) is 7.33. The predicted octanol–water partition coefficient (Wildman–Crippen LogP) is 5.30. The first kappa shape index (κ1) is 21.2. The van der Waals surface area contributed by atoms with E-state index in [1.54, 1.807) is 0 Å². The molecule has 3 heteroatoms. The van der Waals surface area contributed by atoms with E-state index in [4.69, 9.17) is 9.47 Å². The van der Waals surface area contributed by atoms with Crippen molar-refractivity contribution in [3.8, 4) is 0 Å². The summed E-state index contributed by atoms with van der Waals surface area (Å²) in [6.07, 6.45) is 4.36. The molecule has 0 aromatic heterocycles. The van der Waals surface area contributed by atoms with Crippen molar-refractivity contribution in [3.05, 3.63) is 91.0 Å². The Hall–Kier alpha value is -1.99. The highest BCUT2D eigenvalue weighted by atomic mass is 31.2. The van der Waals surface area contributed by atoms with Crippen LogP contribution < -0.4 is 15.9 Å². The molecular formula is C27H32O2P+. The number of ether oxygens (including phenoxy) is 2. The van der Waals surface area contributed by atoms with Crippen LogP contribution in [0.1, 0.15) is 32.6 Å². The summed E-state index contributed by atoms with van der Waals surface area (Å²) in [4.78, 5) is 0. The van der Waals surface area contributed by atoms with Crippen LogP contribution in [0.15, 0.2) is 91.0 Å². The summed E-state index contributed by atoms with van der Waals surface area (Å²) in [5.41, 5.74) is 0.452. The van der Waals surface area contributed by atoms with Gasteiger partial charge in [0.05, 0.1) is 12.3 Å². The Balaban J connectivity index is 1.70. The number of rotatable bonds is 8. The molecule has 1 aliphatic heterocycles. The first-order valence-corrected chi connectivity index (χ1v) is 13.0. The van der Waals surface area contributed by atoms with E-state index >= 15 is 0 Å². The minimum absolute atomic E-state index is 0.0242. The Bertz CT molecular complexity index is 780. The van der Waals surface area contributed by atoms with Crippen molar-refractivity contribution in [1.29, 1.82) is 0 Å². The van der Waals surface area contributed by atoms with Gasteiger partial charge in [-0.2, -0.15) is 0 Å². The van der Waals surface area contributed by atoms with Gasteiger partial charge in [-0.25, -0.2) is 0 Å². The van der Waals surface area contributed by atoms with E-state index in [0.29, 0.717) is 5.66 Å². The van der Waals surface area contributed by atoms with Crippen molar-refractivity contribution in [1.82, 2.24) is 0 Å². The highest BCUT2D eigenvalue weighted by Gasteiger charge is 2.49. The molecule has 0 saturated carbocycles. The summed E-state index contributed by atoms with van der Waals surface area (Å²) >= 11 is 0. The van der Waals surface area contributed by atoms with Crippen LogP contribution in [0.3, 0.4) is 0 Å². The molecule has 0 bridgehead atoms. The molecule has 1 fully saturated rings. The zero-order chi connectivity index (χ0) is 20.7. The maximum absolute atomic E-state index is 6.15. The van der Waals surface area contributed by atoms with Gasteiger partial charge >= 0.3 is 0 Å². The van der Waals surface area contributed by atoms with Crippen molar-refractivity contribution < 1.29 is 9.47 Å². The van der Waals surface area contributed by atoms with E-state index < -0.39 is 7.26 Å². The van der Waals surface area contributed by atoms with Gasteiger partial charge in [0.1, 0.15) is 23.2 Å². The second-order valence-electron chi connectivity index (χ2n) is 8.03. The molecule has 156 valence electrons. The van der Waals surface area contributed by atoms with Gasteiger partial charge in [-0.15, -0.1) is 0 Å². The van der Waals surface area contributed by atoms with Crippen LogP contribution in [-0.2, 0) is 9.47 Å². The minimum Gasteiger partial charge on any atom is -0.353 e. The normalized spacial score (nSPS) is 18.1. The zero-order valence-electron chi connectivity index (χ0n) is 17.8. The quantitative estimate of drug-likeness (QED) is 0.461.